The minimum Gasteiger partial charge on any atom is -0.377 e. The lowest BCUT2D eigenvalue weighted by atomic mass is 9.85. The van der Waals surface area contributed by atoms with Crippen LogP contribution in [-0.2, 0) is 9.47 Å². The number of ether oxygens (including phenoxy) is 2. The highest BCUT2D eigenvalue weighted by atomic mass is 19.1. The zero-order chi connectivity index (χ0) is 30.2. The fraction of sp³-hybridized carbons (Fsp3) is 0.576. The second kappa shape index (κ2) is 12.6. The summed E-state index contributed by atoms with van der Waals surface area (Å²) in [7, 11) is 0. The number of fused-ring (bicyclic) bond motifs is 1. The molecule has 3 atom stereocenters. The Bertz CT molecular complexity index is 1460. The molecule has 0 unspecified atom stereocenters. The number of imidazole rings is 1. The highest BCUT2D eigenvalue weighted by molar-refractivity contribution is 6.03. The van der Waals surface area contributed by atoms with E-state index < -0.39 is 11.8 Å². The van der Waals surface area contributed by atoms with Crippen molar-refractivity contribution in [3.8, 4) is 11.1 Å². The van der Waals surface area contributed by atoms with E-state index in [0.29, 0.717) is 54.2 Å². The molecule has 3 aliphatic rings. The Morgan fingerprint density at radius 3 is 2.70 bits per heavy atom. The zero-order valence-electron chi connectivity index (χ0n) is 25.6. The lowest BCUT2D eigenvalue weighted by Gasteiger charge is -2.47. The van der Waals surface area contributed by atoms with Crippen molar-refractivity contribution < 1.29 is 23.0 Å². The molecule has 1 N–H and O–H groups in total. The largest absolute Gasteiger partial charge is 0.377 e. The minimum absolute atomic E-state index is 0.145. The average molecular weight is 596 g/mol. The Balaban J connectivity index is 1.30. The highest BCUT2D eigenvalue weighted by Crippen LogP contribution is 2.38. The number of nitrogens with one attached hydrogen (secondary N) is 1. The van der Waals surface area contributed by atoms with Crippen molar-refractivity contribution in [1.82, 2.24) is 24.5 Å². The first kappa shape index (κ1) is 30.1. The number of halogens is 2. The summed E-state index contributed by atoms with van der Waals surface area (Å²) in [4.78, 5) is 22.2. The summed E-state index contributed by atoms with van der Waals surface area (Å²) in [6, 6.07) is 6.50. The standard InChI is InChI=1S/C33H43F2N5O3/c1-20(2)30(8-6-26-15-36-9-11-43-26)38-16-24(17-38)23-13-28(31-32(35)37-22(4)40(31)18-23)27-7-5-25(34)14-29(27)33(41)39-10-12-42-19-21(39)3/h5,7,13-14,18,20-21,24,26,30,36H,6,8-12,15-17,19H2,1-4H3/t21-,26+,30+/m1/s1. The number of carbonyl (C=O) groups is 1. The molecule has 43 heavy (non-hydrogen) atoms. The lowest BCUT2D eigenvalue weighted by molar-refractivity contribution is 0.00361. The molecule has 3 aromatic rings. The van der Waals surface area contributed by atoms with Gasteiger partial charge in [-0.25, -0.2) is 9.37 Å². The fourth-order valence-corrected chi connectivity index (χ4v) is 6.96. The summed E-state index contributed by atoms with van der Waals surface area (Å²) in [6.45, 7) is 13.9. The highest BCUT2D eigenvalue weighted by Gasteiger charge is 2.36. The number of hydrogen-bond acceptors (Lipinski definition) is 6. The average Bonchev–Trinajstić information content (AvgIpc) is 3.26. The van der Waals surface area contributed by atoms with Gasteiger partial charge in [-0.05, 0) is 61.9 Å². The number of amides is 1. The molecule has 3 fully saturated rings. The SMILES string of the molecule is Cc1nc(F)c2c(-c3ccc(F)cc3C(=O)N3CCOC[C@H]3C)cc(C3CN([C@@H](CC[C@H]4CNCCO4)C(C)C)C3)cn12. The molecule has 0 radical (unpaired) electrons. The van der Waals surface area contributed by atoms with Crippen molar-refractivity contribution in [2.75, 3.05) is 52.5 Å². The van der Waals surface area contributed by atoms with Gasteiger partial charge in [0.25, 0.3) is 5.91 Å². The van der Waals surface area contributed by atoms with Crippen molar-refractivity contribution in [2.24, 2.45) is 5.92 Å². The summed E-state index contributed by atoms with van der Waals surface area (Å²) in [5.41, 5.74) is 2.65. The van der Waals surface area contributed by atoms with Gasteiger partial charge in [-0.1, -0.05) is 19.9 Å². The van der Waals surface area contributed by atoms with Gasteiger partial charge in [-0.3, -0.25) is 9.69 Å². The van der Waals surface area contributed by atoms with Crippen LogP contribution in [0.1, 0.15) is 61.3 Å². The van der Waals surface area contributed by atoms with Crippen LogP contribution in [0.15, 0.2) is 30.5 Å². The van der Waals surface area contributed by atoms with E-state index in [4.69, 9.17) is 9.47 Å². The summed E-state index contributed by atoms with van der Waals surface area (Å²) in [6.07, 6.45) is 4.36. The fourth-order valence-electron chi connectivity index (χ4n) is 6.96. The molecule has 0 bridgehead atoms. The van der Waals surface area contributed by atoms with E-state index in [1.807, 2.05) is 19.2 Å². The Labute approximate surface area is 252 Å². The number of aryl methyl sites for hydroxylation is 1. The molecule has 0 saturated carbocycles. The number of rotatable bonds is 8. The third kappa shape index (κ3) is 6.07. The van der Waals surface area contributed by atoms with Crippen LogP contribution in [0.2, 0.25) is 0 Å². The number of aromatic nitrogens is 2. The van der Waals surface area contributed by atoms with E-state index in [0.717, 1.165) is 51.2 Å². The zero-order valence-corrected chi connectivity index (χ0v) is 25.6. The van der Waals surface area contributed by atoms with Gasteiger partial charge >= 0.3 is 0 Å². The van der Waals surface area contributed by atoms with Gasteiger partial charge in [0, 0.05) is 56.4 Å². The van der Waals surface area contributed by atoms with Gasteiger partial charge in [0.05, 0.1) is 37.5 Å². The minimum atomic E-state index is -0.601. The van der Waals surface area contributed by atoms with Crippen LogP contribution in [0, 0.1) is 24.6 Å². The maximum atomic E-state index is 15.4. The Kier molecular flexibility index (Phi) is 8.82. The predicted octanol–water partition coefficient (Wildman–Crippen LogP) is 4.64. The Morgan fingerprint density at radius 1 is 1.16 bits per heavy atom. The first-order valence-corrected chi connectivity index (χ1v) is 15.6. The number of morpholine rings is 2. The Hall–Kier alpha value is -2.92. The topological polar surface area (TPSA) is 71.3 Å². The lowest BCUT2D eigenvalue weighted by Crippen LogP contribution is -2.53. The number of likely N-dealkylation sites (tertiary alicyclic amines) is 1. The van der Waals surface area contributed by atoms with E-state index in [-0.39, 0.29) is 29.5 Å². The van der Waals surface area contributed by atoms with Crippen LogP contribution in [0.25, 0.3) is 16.6 Å². The molecule has 2 aromatic heterocycles. The smallest absolute Gasteiger partial charge is 0.254 e. The second-order valence-corrected chi connectivity index (χ2v) is 12.7. The van der Waals surface area contributed by atoms with Crippen molar-refractivity contribution in [2.45, 2.75) is 64.6 Å². The van der Waals surface area contributed by atoms with Gasteiger partial charge < -0.3 is 24.1 Å². The van der Waals surface area contributed by atoms with Crippen LogP contribution in [0.4, 0.5) is 8.78 Å². The van der Waals surface area contributed by atoms with Crippen molar-refractivity contribution in [1.29, 1.82) is 0 Å². The quantitative estimate of drug-likeness (QED) is 0.409. The molecule has 10 heteroatoms. The maximum absolute atomic E-state index is 15.4. The molecule has 3 aliphatic heterocycles. The molecule has 8 nitrogen and oxygen atoms in total. The summed E-state index contributed by atoms with van der Waals surface area (Å²) < 4.78 is 43.2. The molecule has 3 saturated heterocycles. The normalized spacial score (nSPS) is 22.7. The van der Waals surface area contributed by atoms with Crippen LogP contribution in [-0.4, -0.2) is 95.8 Å². The van der Waals surface area contributed by atoms with Crippen LogP contribution in [0.3, 0.4) is 0 Å². The van der Waals surface area contributed by atoms with Crippen LogP contribution >= 0.6 is 0 Å². The molecule has 1 amide bonds. The number of nitrogens with zero attached hydrogens (tertiary/aromatic N) is 4. The Morgan fingerprint density at radius 2 is 1.98 bits per heavy atom. The second-order valence-electron chi connectivity index (χ2n) is 12.7. The predicted molar refractivity (Wildman–Crippen MR) is 161 cm³/mol. The van der Waals surface area contributed by atoms with Crippen LogP contribution < -0.4 is 5.32 Å². The summed E-state index contributed by atoms with van der Waals surface area (Å²) in [5.74, 6) is -0.0938. The van der Waals surface area contributed by atoms with Gasteiger partial charge in [0.2, 0.25) is 5.95 Å². The molecule has 232 valence electrons. The number of pyridine rings is 1. The molecule has 6 rings (SSSR count). The third-order valence-electron chi connectivity index (χ3n) is 9.43. The van der Waals surface area contributed by atoms with Crippen LogP contribution in [0.5, 0.6) is 0 Å². The number of carbonyl (C=O) groups excluding carboxylic acids is 1. The third-order valence-corrected chi connectivity index (χ3v) is 9.43. The first-order chi connectivity index (χ1) is 20.7. The van der Waals surface area contributed by atoms with Gasteiger partial charge in [0.15, 0.2) is 0 Å². The first-order valence-electron chi connectivity index (χ1n) is 15.6. The summed E-state index contributed by atoms with van der Waals surface area (Å²) in [5, 5.41) is 3.42. The molecule has 0 aliphatic carbocycles. The van der Waals surface area contributed by atoms with Gasteiger partial charge in [0.1, 0.15) is 17.2 Å². The van der Waals surface area contributed by atoms with E-state index in [2.05, 4.69) is 29.0 Å². The van der Waals surface area contributed by atoms with Crippen molar-refractivity contribution >= 4 is 11.4 Å². The number of hydrogen-bond donors (Lipinski definition) is 1. The monoisotopic (exact) mass is 595 g/mol. The van der Waals surface area contributed by atoms with Gasteiger partial charge in [-0.15, -0.1) is 0 Å². The van der Waals surface area contributed by atoms with E-state index in [9.17, 15) is 9.18 Å². The number of benzene rings is 1. The van der Waals surface area contributed by atoms with E-state index >= 15 is 4.39 Å². The van der Waals surface area contributed by atoms with E-state index in [1.165, 1.54) is 12.1 Å². The van der Waals surface area contributed by atoms with E-state index in [1.54, 1.807) is 22.3 Å². The molecule has 0 spiro atoms. The molecule has 1 aromatic carbocycles. The van der Waals surface area contributed by atoms with Crippen molar-refractivity contribution in [3.05, 3.63) is 59.2 Å². The molecular weight excluding hydrogens is 552 g/mol. The van der Waals surface area contributed by atoms with Gasteiger partial charge in [-0.2, -0.15) is 4.39 Å². The maximum Gasteiger partial charge on any atom is 0.254 e. The molecular formula is C33H43F2N5O3. The molecule has 5 heterocycles. The summed E-state index contributed by atoms with van der Waals surface area (Å²) >= 11 is 0. The van der Waals surface area contributed by atoms with Crippen molar-refractivity contribution in [3.63, 3.8) is 0 Å².